The zero-order valence-corrected chi connectivity index (χ0v) is 15.1. The average molecular weight is 349 g/mol. The van der Waals surface area contributed by atoms with Crippen LogP contribution in [0.2, 0.25) is 0 Å². The number of anilines is 1. The molecule has 4 rings (SSSR count). The lowest BCUT2D eigenvalue weighted by Crippen LogP contribution is -2.41. The topological polar surface area (TPSA) is 63.2 Å². The van der Waals surface area contributed by atoms with Gasteiger partial charge in [0.15, 0.2) is 0 Å². The fourth-order valence-electron chi connectivity index (χ4n) is 3.46. The highest BCUT2D eigenvalue weighted by Crippen LogP contribution is 2.31. The number of para-hydroxylation sites is 1. The van der Waals surface area contributed by atoms with Crippen molar-refractivity contribution in [1.29, 1.82) is 0 Å². The highest BCUT2D eigenvalue weighted by molar-refractivity contribution is 5.85. The minimum absolute atomic E-state index is 0.583. The summed E-state index contributed by atoms with van der Waals surface area (Å²) >= 11 is 0. The van der Waals surface area contributed by atoms with E-state index in [0.29, 0.717) is 11.9 Å². The number of hydrogen-bond acceptors (Lipinski definition) is 6. The second kappa shape index (κ2) is 7.25. The predicted molar refractivity (Wildman–Crippen MR) is 104 cm³/mol. The van der Waals surface area contributed by atoms with Crippen molar-refractivity contribution in [2.45, 2.75) is 18.9 Å². The molecule has 1 N–H and O–H groups in total. The van der Waals surface area contributed by atoms with Gasteiger partial charge in [0.05, 0.1) is 23.9 Å². The van der Waals surface area contributed by atoms with Crippen LogP contribution in [0.4, 0.5) is 5.95 Å². The second-order valence-corrected chi connectivity index (χ2v) is 6.53. The molecule has 3 heterocycles. The molecule has 134 valence electrons. The van der Waals surface area contributed by atoms with Gasteiger partial charge in [0.25, 0.3) is 0 Å². The zero-order valence-electron chi connectivity index (χ0n) is 15.1. The molecule has 1 fully saturated rings. The number of ether oxygens (including phenoxy) is 1. The van der Waals surface area contributed by atoms with Crippen LogP contribution >= 0.6 is 0 Å². The van der Waals surface area contributed by atoms with Crippen LogP contribution in [0.1, 0.15) is 12.8 Å². The molecule has 1 aliphatic rings. The highest BCUT2D eigenvalue weighted by atomic mass is 16.5. The summed E-state index contributed by atoms with van der Waals surface area (Å²) in [4.78, 5) is 16.2. The number of methoxy groups -OCH3 is 1. The Morgan fingerprint density at radius 1 is 1.12 bits per heavy atom. The fraction of sp³-hybridized carbons (Fsp3) is 0.350. The molecule has 0 saturated carbocycles. The van der Waals surface area contributed by atoms with Gasteiger partial charge < -0.3 is 15.0 Å². The van der Waals surface area contributed by atoms with E-state index in [4.69, 9.17) is 9.72 Å². The highest BCUT2D eigenvalue weighted by Gasteiger charge is 2.20. The van der Waals surface area contributed by atoms with Crippen LogP contribution < -0.4 is 15.0 Å². The molecule has 1 aliphatic heterocycles. The van der Waals surface area contributed by atoms with Crippen LogP contribution in [0.15, 0.2) is 42.6 Å². The quantitative estimate of drug-likeness (QED) is 0.781. The van der Waals surface area contributed by atoms with Crippen molar-refractivity contribution in [3.8, 4) is 17.1 Å². The Hall–Kier alpha value is -2.73. The Morgan fingerprint density at radius 2 is 1.92 bits per heavy atom. The number of rotatable bonds is 4. The van der Waals surface area contributed by atoms with Gasteiger partial charge in [0.2, 0.25) is 11.8 Å². The third-order valence-electron chi connectivity index (χ3n) is 4.99. The SMILES string of the molecule is CNC1CCN(c2nccc(-c3cc4ccccc4nc3OC)n2)CC1. The largest absolute Gasteiger partial charge is 0.480 e. The fourth-order valence-corrected chi connectivity index (χ4v) is 3.46. The van der Waals surface area contributed by atoms with E-state index in [2.05, 4.69) is 32.3 Å². The summed E-state index contributed by atoms with van der Waals surface area (Å²) in [7, 11) is 3.67. The lowest BCUT2D eigenvalue weighted by Gasteiger charge is -2.31. The molecular formula is C20H23N5O. The Bertz CT molecular complexity index is 906. The summed E-state index contributed by atoms with van der Waals surface area (Å²) in [6, 6.07) is 12.6. The van der Waals surface area contributed by atoms with Gasteiger partial charge >= 0.3 is 0 Å². The molecule has 6 heteroatoms. The molecule has 0 unspecified atom stereocenters. The molecule has 1 saturated heterocycles. The standard InChI is InChI=1S/C20H23N5O/c1-21-15-8-11-25(12-9-15)20-22-10-7-18(24-20)16-13-14-5-3-4-6-17(14)23-19(16)26-2/h3-7,10,13,15,21H,8-9,11-12H2,1-2H3. The van der Waals surface area contributed by atoms with Gasteiger partial charge in [-0.05, 0) is 38.1 Å². The first-order chi connectivity index (χ1) is 12.8. The van der Waals surface area contributed by atoms with Crippen LogP contribution in [0.25, 0.3) is 22.2 Å². The van der Waals surface area contributed by atoms with Crippen molar-refractivity contribution in [2.75, 3.05) is 32.1 Å². The van der Waals surface area contributed by atoms with E-state index < -0.39 is 0 Å². The van der Waals surface area contributed by atoms with Crippen molar-refractivity contribution in [3.05, 3.63) is 42.6 Å². The van der Waals surface area contributed by atoms with Gasteiger partial charge in [-0.2, -0.15) is 0 Å². The first-order valence-electron chi connectivity index (χ1n) is 8.98. The number of pyridine rings is 1. The predicted octanol–water partition coefficient (Wildman–Crippen LogP) is 2.89. The van der Waals surface area contributed by atoms with Gasteiger partial charge in [-0.3, -0.25) is 0 Å². The summed E-state index contributed by atoms with van der Waals surface area (Å²) in [5.74, 6) is 1.36. The van der Waals surface area contributed by atoms with E-state index in [9.17, 15) is 0 Å². The molecule has 3 aromatic rings. The number of hydrogen-bond donors (Lipinski definition) is 1. The number of fused-ring (bicyclic) bond motifs is 1. The zero-order chi connectivity index (χ0) is 17.9. The van der Waals surface area contributed by atoms with Crippen molar-refractivity contribution in [3.63, 3.8) is 0 Å². The van der Waals surface area contributed by atoms with E-state index in [0.717, 1.165) is 54.0 Å². The van der Waals surface area contributed by atoms with Crippen molar-refractivity contribution in [2.24, 2.45) is 0 Å². The van der Waals surface area contributed by atoms with Gasteiger partial charge in [0.1, 0.15) is 0 Å². The minimum Gasteiger partial charge on any atom is -0.480 e. The molecule has 2 aromatic heterocycles. The minimum atomic E-state index is 0.583. The molecule has 0 spiro atoms. The Kier molecular flexibility index (Phi) is 4.67. The van der Waals surface area contributed by atoms with Crippen molar-refractivity contribution in [1.82, 2.24) is 20.3 Å². The molecule has 0 aliphatic carbocycles. The monoisotopic (exact) mass is 349 g/mol. The average Bonchev–Trinajstić information content (AvgIpc) is 2.73. The third-order valence-corrected chi connectivity index (χ3v) is 4.99. The van der Waals surface area contributed by atoms with Crippen molar-refractivity contribution >= 4 is 16.9 Å². The van der Waals surface area contributed by atoms with E-state index in [1.165, 1.54) is 0 Å². The number of nitrogens with zero attached hydrogens (tertiary/aromatic N) is 4. The van der Waals surface area contributed by atoms with Gasteiger partial charge in [-0.25, -0.2) is 15.0 Å². The molecule has 1 aromatic carbocycles. The van der Waals surface area contributed by atoms with Gasteiger partial charge in [0, 0.05) is 30.7 Å². The maximum atomic E-state index is 5.53. The first-order valence-corrected chi connectivity index (χ1v) is 8.98. The Labute approximate surface area is 153 Å². The van der Waals surface area contributed by atoms with Crippen LogP contribution in [0, 0.1) is 0 Å². The molecular weight excluding hydrogens is 326 g/mol. The molecule has 26 heavy (non-hydrogen) atoms. The number of benzene rings is 1. The van der Waals surface area contributed by atoms with E-state index in [1.54, 1.807) is 7.11 Å². The molecule has 0 radical (unpaired) electrons. The molecule has 0 amide bonds. The molecule has 0 atom stereocenters. The van der Waals surface area contributed by atoms with E-state index in [1.807, 2.05) is 37.5 Å². The second-order valence-electron chi connectivity index (χ2n) is 6.53. The summed E-state index contributed by atoms with van der Waals surface area (Å²) in [5, 5.41) is 4.42. The summed E-state index contributed by atoms with van der Waals surface area (Å²) < 4.78 is 5.53. The number of piperidine rings is 1. The maximum absolute atomic E-state index is 5.53. The first kappa shape index (κ1) is 16.7. The van der Waals surface area contributed by atoms with Crippen LogP contribution in [-0.4, -0.2) is 48.2 Å². The van der Waals surface area contributed by atoms with Gasteiger partial charge in [-0.15, -0.1) is 0 Å². The lowest BCUT2D eigenvalue weighted by atomic mass is 10.1. The Balaban J connectivity index is 1.69. The summed E-state index contributed by atoms with van der Waals surface area (Å²) in [6.07, 6.45) is 4.02. The van der Waals surface area contributed by atoms with E-state index in [-0.39, 0.29) is 0 Å². The summed E-state index contributed by atoms with van der Waals surface area (Å²) in [6.45, 7) is 1.92. The van der Waals surface area contributed by atoms with Crippen LogP contribution in [0.5, 0.6) is 5.88 Å². The maximum Gasteiger partial charge on any atom is 0.225 e. The van der Waals surface area contributed by atoms with Crippen LogP contribution in [0.3, 0.4) is 0 Å². The molecule has 6 nitrogen and oxygen atoms in total. The smallest absolute Gasteiger partial charge is 0.225 e. The number of aromatic nitrogens is 3. The third kappa shape index (κ3) is 3.20. The number of nitrogens with one attached hydrogen (secondary N) is 1. The summed E-state index contributed by atoms with van der Waals surface area (Å²) in [5.41, 5.74) is 2.64. The van der Waals surface area contributed by atoms with Gasteiger partial charge in [-0.1, -0.05) is 18.2 Å². The van der Waals surface area contributed by atoms with Crippen LogP contribution in [-0.2, 0) is 0 Å². The molecule has 0 bridgehead atoms. The van der Waals surface area contributed by atoms with Crippen molar-refractivity contribution < 1.29 is 4.74 Å². The lowest BCUT2D eigenvalue weighted by molar-refractivity contribution is 0.401. The van der Waals surface area contributed by atoms with E-state index >= 15 is 0 Å². The Morgan fingerprint density at radius 3 is 2.69 bits per heavy atom. The normalized spacial score (nSPS) is 15.4.